The number of unbranched alkanes of at least 4 members (excludes halogenated alkanes) is 13. The molecule has 0 aromatic carbocycles. The van der Waals surface area contributed by atoms with Crippen molar-refractivity contribution in [3.8, 4) is 0 Å². The summed E-state index contributed by atoms with van der Waals surface area (Å²) >= 11 is 0. The van der Waals surface area contributed by atoms with Crippen LogP contribution < -0.4 is 0 Å². The summed E-state index contributed by atoms with van der Waals surface area (Å²) in [6.45, 7) is 3.85. The van der Waals surface area contributed by atoms with Gasteiger partial charge in [0.1, 0.15) is 0 Å². The van der Waals surface area contributed by atoms with E-state index in [1.165, 1.54) is 97.7 Å². The molecule has 0 amide bonds. The molecule has 4 nitrogen and oxygen atoms in total. The molecule has 0 radical (unpaired) electrons. The van der Waals surface area contributed by atoms with E-state index in [2.05, 4.69) is 19.1 Å². The summed E-state index contributed by atoms with van der Waals surface area (Å²) in [4.78, 5) is 25.0. The van der Waals surface area contributed by atoms with Crippen molar-refractivity contribution in [2.24, 2.45) is 0 Å². The van der Waals surface area contributed by atoms with Crippen LogP contribution in [0.5, 0.6) is 0 Å². The highest BCUT2D eigenvalue weighted by molar-refractivity contribution is 6.23. The van der Waals surface area contributed by atoms with E-state index in [0.717, 1.165) is 12.8 Å². The Morgan fingerprint density at radius 2 is 1.09 bits per heavy atom. The van der Waals surface area contributed by atoms with E-state index in [0.29, 0.717) is 17.6 Å². The number of carbonyl (C=O) groups is 2. The zero-order chi connectivity index (χ0) is 23.6. The number of hydrogen-bond donors (Lipinski definition) is 0. The SMILES string of the molecule is CCCCC=CCCCCCCCCCCCCCC1=C(OC)C(=O)C(C)=C(OC)C1=O. The van der Waals surface area contributed by atoms with Crippen molar-refractivity contribution in [1.82, 2.24) is 0 Å². The molecular weight excluding hydrogens is 400 g/mol. The molecule has 0 aliphatic heterocycles. The molecule has 0 heterocycles. The number of carbonyl (C=O) groups excluding carboxylic acids is 2. The number of ether oxygens (including phenoxy) is 2. The van der Waals surface area contributed by atoms with Gasteiger partial charge < -0.3 is 9.47 Å². The van der Waals surface area contributed by atoms with Crippen LogP contribution in [0, 0.1) is 0 Å². The van der Waals surface area contributed by atoms with Crippen LogP contribution in [0.25, 0.3) is 0 Å². The maximum atomic E-state index is 12.6. The first-order chi connectivity index (χ1) is 15.6. The molecule has 0 aromatic rings. The van der Waals surface area contributed by atoms with Gasteiger partial charge in [-0.1, -0.05) is 89.7 Å². The van der Waals surface area contributed by atoms with Crippen LogP contribution in [0.15, 0.2) is 34.8 Å². The molecule has 0 N–H and O–H groups in total. The molecule has 0 fully saturated rings. The predicted molar refractivity (Wildman–Crippen MR) is 132 cm³/mol. The number of Topliss-reactive ketones (excluding diaryl/α,β-unsaturated/α-hetero) is 2. The molecule has 1 aliphatic carbocycles. The second kappa shape index (κ2) is 17.7. The molecule has 32 heavy (non-hydrogen) atoms. The van der Waals surface area contributed by atoms with Crippen LogP contribution in [-0.4, -0.2) is 25.8 Å². The van der Waals surface area contributed by atoms with E-state index >= 15 is 0 Å². The lowest BCUT2D eigenvalue weighted by Gasteiger charge is -2.20. The molecule has 4 heteroatoms. The Hall–Kier alpha value is -1.84. The minimum Gasteiger partial charge on any atom is -0.492 e. The van der Waals surface area contributed by atoms with Crippen molar-refractivity contribution in [1.29, 1.82) is 0 Å². The average Bonchev–Trinajstić information content (AvgIpc) is 2.79. The molecule has 182 valence electrons. The van der Waals surface area contributed by atoms with Crippen LogP contribution in [-0.2, 0) is 19.1 Å². The van der Waals surface area contributed by atoms with Gasteiger partial charge in [-0.2, -0.15) is 0 Å². The summed E-state index contributed by atoms with van der Waals surface area (Å²) in [5, 5.41) is 0. The number of rotatable bonds is 19. The number of allylic oxidation sites excluding steroid dienone is 4. The van der Waals surface area contributed by atoms with Gasteiger partial charge in [0.15, 0.2) is 11.5 Å². The van der Waals surface area contributed by atoms with E-state index < -0.39 is 0 Å². The number of methoxy groups -OCH3 is 2. The lowest BCUT2D eigenvalue weighted by molar-refractivity contribution is -0.120. The van der Waals surface area contributed by atoms with Gasteiger partial charge in [0.05, 0.1) is 14.2 Å². The summed E-state index contributed by atoms with van der Waals surface area (Å²) in [6, 6.07) is 0. The van der Waals surface area contributed by atoms with Crippen molar-refractivity contribution < 1.29 is 19.1 Å². The smallest absolute Gasteiger partial charge is 0.227 e. The van der Waals surface area contributed by atoms with Crippen LogP contribution in [0.3, 0.4) is 0 Å². The van der Waals surface area contributed by atoms with Gasteiger partial charge in [0.25, 0.3) is 0 Å². The predicted octanol–water partition coefficient (Wildman–Crippen LogP) is 7.78. The van der Waals surface area contributed by atoms with Crippen molar-refractivity contribution >= 4 is 11.6 Å². The second-order valence-electron chi connectivity index (χ2n) is 8.87. The van der Waals surface area contributed by atoms with Gasteiger partial charge in [-0.15, -0.1) is 0 Å². The summed E-state index contributed by atoms with van der Waals surface area (Å²) < 4.78 is 10.4. The molecule has 0 spiro atoms. The summed E-state index contributed by atoms with van der Waals surface area (Å²) in [5.41, 5.74) is 0.800. The third-order valence-corrected chi connectivity index (χ3v) is 6.24. The third kappa shape index (κ3) is 10.2. The van der Waals surface area contributed by atoms with Crippen LogP contribution in [0.1, 0.15) is 117 Å². The molecule has 0 unspecified atom stereocenters. The third-order valence-electron chi connectivity index (χ3n) is 6.24. The maximum Gasteiger partial charge on any atom is 0.227 e. The maximum absolute atomic E-state index is 12.6. The minimum absolute atomic E-state index is 0.161. The van der Waals surface area contributed by atoms with Crippen molar-refractivity contribution in [2.45, 2.75) is 117 Å². The van der Waals surface area contributed by atoms with Gasteiger partial charge in [0, 0.05) is 11.1 Å². The Balaban J connectivity index is 2.06. The first-order valence-corrected chi connectivity index (χ1v) is 12.8. The van der Waals surface area contributed by atoms with Gasteiger partial charge in [-0.3, -0.25) is 9.59 Å². The van der Waals surface area contributed by atoms with Gasteiger partial charge in [0.2, 0.25) is 11.6 Å². The first kappa shape index (κ1) is 28.2. The second-order valence-corrected chi connectivity index (χ2v) is 8.87. The quantitative estimate of drug-likeness (QED) is 0.115. The summed E-state index contributed by atoms with van der Waals surface area (Å²) in [7, 11) is 2.89. The van der Waals surface area contributed by atoms with Crippen molar-refractivity contribution in [3.63, 3.8) is 0 Å². The van der Waals surface area contributed by atoms with E-state index in [1.54, 1.807) is 6.92 Å². The van der Waals surface area contributed by atoms with E-state index in [1.807, 2.05) is 0 Å². The Kier molecular flexibility index (Phi) is 15.6. The zero-order valence-corrected chi connectivity index (χ0v) is 21.1. The molecule has 0 saturated carbocycles. The Bertz CT molecular complexity index is 654. The minimum atomic E-state index is -0.234. The highest BCUT2D eigenvalue weighted by atomic mass is 16.5. The molecule has 0 aromatic heterocycles. The first-order valence-electron chi connectivity index (χ1n) is 12.8. The largest absolute Gasteiger partial charge is 0.492 e. The Labute approximate surface area is 196 Å². The van der Waals surface area contributed by atoms with Gasteiger partial charge in [-0.25, -0.2) is 0 Å². The molecule has 1 rings (SSSR count). The Morgan fingerprint density at radius 1 is 0.625 bits per heavy atom. The standard InChI is InChI=1S/C28H46O4/c1-5-6-7-8-9-10-11-12-13-14-15-16-17-18-19-20-21-22-24-26(30)27(31-3)23(2)25(29)28(24)32-4/h8-9H,5-7,10-22H2,1-4H3. The van der Waals surface area contributed by atoms with Crippen molar-refractivity contribution in [2.75, 3.05) is 14.2 Å². The van der Waals surface area contributed by atoms with Crippen molar-refractivity contribution in [3.05, 3.63) is 34.8 Å². The number of ketones is 2. The fourth-order valence-electron chi connectivity index (χ4n) is 4.22. The lowest BCUT2D eigenvalue weighted by Crippen LogP contribution is -2.25. The Morgan fingerprint density at radius 3 is 1.59 bits per heavy atom. The molecule has 1 aliphatic rings. The fourth-order valence-corrected chi connectivity index (χ4v) is 4.22. The fraction of sp³-hybridized carbons (Fsp3) is 0.714. The lowest BCUT2D eigenvalue weighted by atomic mass is 9.90. The van der Waals surface area contributed by atoms with E-state index in [9.17, 15) is 9.59 Å². The van der Waals surface area contributed by atoms with Crippen LogP contribution >= 0.6 is 0 Å². The topological polar surface area (TPSA) is 52.6 Å². The normalized spacial score (nSPS) is 14.8. The van der Waals surface area contributed by atoms with Gasteiger partial charge in [-0.05, 0) is 39.0 Å². The monoisotopic (exact) mass is 446 g/mol. The van der Waals surface area contributed by atoms with E-state index in [-0.39, 0.29) is 23.1 Å². The van der Waals surface area contributed by atoms with Crippen LogP contribution in [0.2, 0.25) is 0 Å². The van der Waals surface area contributed by atoms with Gasteiger partial charge >= 0.3 is 0 Å². The van der Waals surface area contributed by atoms with E-state index in [4.69, 9.17) is 9.47 Å². The average molecular weight is 447 g/mol. The highest BCUT2D eigenvalue weighted by Crippen LogP contribution is 2.29. The molecule has 0 atom stereocenters. The summed E-state index contributed by atoms with van der Waals surface area (Å²) in [6.07, 6.45) is 24.1. The highest BCUT2D eigenvalue weighted by Gasteiger charge is 2.33. The molecule has 0 saturated heterocycles. The zero-order valence-electron chi connectivity index (χ0n) is 21.1. The molecular formula is C28H46O4. The van der Waals surface area contributed by atoms with Crippen LogP contribution in [0.4, 0.5) is 0 Å². The number of hydrogen-bond acceptors (Lipinski definition) is 4. The summed E-state index contributed by atoms with van der Waals surface area (Å²) in [5.74, 6) is -0.0774. The molecule has 0 bridgehead atoms.